The largest absolute Gasteiger partial charge is 0.486 e. The number of hydrogen-bond acceptors (Lipinski definition) is 8. The second kappa shape index (κ2) is 12.0. The Labute approximate surface area is 248 Å². The Balaban J connectivity index is 1.13. The molecule has 0 bridgehead atoms. The summed E-state index contributed by atoms with van der Waals surface area (Å²) >= 11 is 0. The molecule has 3 heterocycles. The number of carbonyl (C=O) groups is 1. The number of aliphatic hydroxyl groups is 1. The van der Waals surface area contributed by atoms with Crippen molar-refractivity contribution in [1.29, 1.82) is 0 Å². The van der Waals surface area contributed by atoms with Crippen LogP contribution in [0, 0.1) is 0 Å². The number of benzene rings is 1. The topological polar surface area (TPSA) is 120 Å². The third-order valence-electron chi connectivity index (χ3n) is 8.56. The highest BCUT2D eigenvalue weighted by Gasteiger charge is 2.39. The van der Waals surface area contributed by atoms with Crippen LogP contribution in [-0.2, 0) is 24.0 Å². The van der Waals surface area contributed by atoms with Crippen molar-refractivity contribution < 1.29 is 19.4 Å². The van der Waals surface area contributed by atoms with Crippen LogP contribution in [0.3, 0.4) is 0 Å². The molecule has 228 valence electrons. The van der Waals surface area contributed by atoms with Crippen LogP contribution in [0.5, 0.6) is 5.75 Å². The summed E-state index contributed by atoms with van der Waals surface area (Å²) < 4.78 is 15.5. The number of carbonyl (C=O) groups excluding carboxylic acids is 1. The van der Waals surface area contributed by atoms with Crippen molar-refractivity contribution in [3.05, 3.63) is 53.4 Å². The summed E-state index contributed by atoms with van der Waals surface area (Å²) in [6, 6.07) is 8.43. The molecule has 3 aromatic rings. The van der Waals surface area contributed by atoms with Crippen molar-refractivity contribution in [3.63, 3.8) is 0 Å². The molecule has 0 spiro atoms. The monoisotopic (exact) mass is 579 g/mol. The van der Waals surface area contributed by atoms with E-state index in [9.17, 15) is 9.90 Å². The number of likely N-dealkylation sites (tertiary alicyclic amines) is 1. The van der Waals surface area contributed by atoms with E-state index < -0.39 is 11.2 Å². The lowest BCUT2D eigenvalue weighted by Crippen LogP contribution is -2.47. The van der Waals surface area contributed by atoms with Crippen LogP contribution < -0.4 is 4.74 Å². The minimum atomic E-state index is -1.10. The van der Waals surface area contributed by atoms with E-state index in [1.807, 2.05) is 50.8 Å². The third-order valence-corrected chi connectivity index (χ3v) is 8.56. The second-order valence-corrected chi connectivity index (χ2v) is 13.1. The van der Waals surface area contributed by atoms with Crippen LogP contribution in [0.1, 0.15) is 114 Å². The number of amides is 1. The van der Waals surface area contributed by atoms with E-state index in [-0.39, 0.29) is 12.1 Å². The molecule has 2 fully saturated rings. The van der Waals surface area contributed by atoms with E-state index in [2.05, 4.69) is 51.1 Å². The van der Waals surface area contributed by atoms with Crippen molar-refractivity contribution in [2.75, 3.05) is 13.1 Å². The average molecular weight is 580 g/mol. The van der Waals surface area contributed by atoms with E-state index in [0.717, 1.165) is 43.1 Å². The van der Waals surface area contributed by atoms with Crippen molar-refractivity contribution >= 4 is 6.09 Å². The van der Waals surface area contributed by atoms with E-state index in [0.29, 0.717) is 50.1 Å². The first-order valence-electron chi connectivity index (χ1n) is 15.2. The Morgan fingerprint density at radius 2 is 1.81 bits per heavy atom. The van der Waals surface area contributed by atoms with Gasteiger partial charge >= 0.3 is 6.09 Å². The van der Waals surface area contributed by atoms with Crippen molar-refractivity contribution in [3.8, 4) is 5.75 Å². The number of aromatic nitrogens is 6. The predicted molar refractivity (Wildman–Crippen MR) is 157 cm³/mol. The lowest BCUT2D eigenvalue weighted by molar-refractivity contribution is -0.0382. The maximum Gasteiger partial charge on any atom is 0.410 e. The number of piperidine rings is 1. The smallest absolute Gasteiger partial charge is 0.410 e. The van der Waals surface area contributed by atoms with Crippen molar-refractivity contribution in [1.82, 2.24) is 34.7 Å². The summed E-state index contributed by atoms with van der Waals surface area (Å²) in [4.78, 5) is 14.1. The highest BCUT2D eigenvalue weighted by atomic mass is 16.6. The molecule has 5 rings (SSSR count). The molecule has 2 aliphatic rings. The van der Waals surface area contributed by atoms with Crippen LogP contribution in [0.25, 0.3) is 0 Å². The van der Waals surface area contributed by atoms with Gasteiger partial charge in [0.1, 0.15) is 35.1 Å². The van der Waals surface area contributed by atoms with E-state index in [1.54, 1.807) is 4.90 Å². The van der Waals surface area contributed by atoms with Gasteiger partial charge in [0.25, 0.3) is 0 Å². The molecule has 1 aromatic carbocycles. The van der Waals surface area contributed by atoms with Crippen molar-refractivity contribution in [2.45, 2.75) is 109 Å². The summed E-state index contributed by atoms with van der Waals surface area (Å²) in [7, 11) is 2.02. The fraction of sp³-hybridized carbons (Fsp3) is 0.645. The molecule has 1 aliphatic heterocycles. The van der Waals surface area contributed by atoms with Crippen LogP contribution in [0.15, 0.2) is 30.5 Å². The normalized spacial score (nSPS) is 21.0. The lowest BCUT2D eigenvalue weighted by Gasteiger charge is -2.37. The molecule has 42 heavy (non-hydrogen) atoms. The van der Waals surface area contributed by atoms with Gasteiger partial charge in [-0.15, -0.1) is 15.3 Å². The first-order valence-corrected chi connectivity index (χ1v) is 15.2. The lowest BCUT2D eigenvalue weighted by atomic mass is 9.85. The van der Waals surface area contributed by atoms with Gasteiger partial charge < -0.3 is 24.0 Å². The number of nitrogens with zero attached hydrogens (tertiary/aromatic N) is 7. The molecule has 2 aromatic heterocycles. The first kappa shape index (κ1) is 30.0. The quantitative estimate of drug-likeness (QED) is 0.404. The maximum absolute atomic E-state index is 12.4. The number of hydrogen-bond donors (Lipinski definition) is 1. The number of ether oxygens (including phenoxy) is 2. The zero-order valence-electron chi connectivity index (χ0n) is 25.8. The Hall–Kier alpha value is -3.47. The standard InChI is InChI=1S/C31H45N7O4/c1-21(2)23-8-7-9-25(18-23)41-20-27-33-34-28(36(27)6)22-10-12-24(13-11-22)38-19-26(32-35-38)31(40)14-16-37(17-15-31)29(39)42-30(3,4)5/h7-9,18-19,21-22,24,40H,10-17,20H2,1-6H3. The predicted octanol–water partition coefficient (Wildman–Crippen LogP) is 5.23. The van der Waals surface area contributed by atoms with Crippen LogP contribution in [0.4, 0.5) is 4.79 Å². The molecule has 11 nitrogen and oxygen atoms in total. The molecule has 1 aliphatic carbocycles. The van der Waals surface area contributed by atoms with Gasteiger partial charge in [-0.05, 0) is 82.9 Å². The summed E-state index contributed by atoms with van der Waals surface area (Å²) in [6.07, 6.45) is 6.18. The van der Waals surface area contributed by atoms with Gasteiger partial charge in [-0.1, -0.05) is 31.2 Å². The molecule has 0 unspecified atom stereocenters. The van der Waals surface area contributed by atoms with Gasteiger partial charge in [0.2, 0.25) is 0 Å². The van der Waals surface area contributed by atoms with Crippen LogP contribution in [0.2, 0.25) is 0 Å². The van der Waals surface area contributed by atoms with Gasteiger partial charge in [0.15, 0.2) is 5.82 Å². The zero-order chi connectivity index (χ0) is 30.1. The maximum atomic E-state index is 12.4. The molecule has 1 N–H and O–H groups in total. The molecule has 1 saturated carbocycles. The van der Waals surface area contributed by atoms with Gasteiger partial charge in [-0.3, -0.25) is 0 Å². The number of rotatable bonds is 7. The summed E-state index contributed by atoms with van der Waals surface area (Å²) in [5, 5.41) is 29.1. The highest BCUT2D eigenvalue weighted by molar-refractivity contribution is 5.68. The minimum Gasteiger partial charge on any atom is -0.486 e. The second-order valence-electron chi connectivity index (χ2n) is 13.1. The molecule has 11 heteroatoms. The van der Waals surface area contributed by atoms with Crippen molar-refractivity contribution in [2.24, 2.45) is 7.05 Å². The summed E-state index contributed by atoms with van der Waals surface area (Å²) in [5.74, 6) is 3.42. The molecule has 0 atom stereocenters. The Kier molecular flexibility index (Phi) is 8.59. The minimum absolute atomic E-state index is 0.220. The summed E-state index contributed by atoms with van der Waals surface area (Å²) in [5.41, 5.74) is 0.183. The molecular weight excluding hydrogens is 534 g/mol. The third kappa shape index (κ3) is 6.77. The van der Waals surface area contributed by atoms with Gasteiger partial charge in [0, 0.05) is 26.1 Å². The van der Waals surface area contributed by atoms with E-state index >= 15 is 0 Å². The molecule has 1 amide bonds. The van der Waals surface area contributed by atoms with Crippen LogP contribution in [-0.4, -0.2) is 64.5 Å². The molecular formula is C31H45N7O4. The fourth-order valence-electron chi connectivity index (χ4n) is 5.88. The molecule has 1 saturated heterocycles. The average Bonchev–Trinajstić information content (AvgIpc) is 3.59. The summed E-state index contributed by atoms with van der Waals surface area (Å²) in [6.45, 7) is 11.1. The van der Waals surface area contributed by atoms with Gasteiger partial charge in [-0.25, -0.2) is 9.48 Å². The zero-order valence-corrected chi connectivity index (χ0v) is 25.8. The Bertz CT molecular complexity index is 1360. The first-order chi connectivity index (χ1) is 19.9. The Morgan fingerprint density at radius 1 is 1.10 bits per heavy atom. The Morgan fingerprint density at radius 3 is 2.48 bits per heavy atom. The van der Waals surface area contributed by atoms with E-state index in [1.165, 1.54) is 5.56 Å². The molecule has 0 radical (unpaired) electrons. The highest BCUT2D eigenvalue weighted by Crippen LogP contribution is 2.38. The fourth-order valence-corrected chi connectivity index (χ4v) is 5.88. The van der Waals surface area contributed by atoms with Gasteiger partial charge in [0.05, 0.1) is 12.2 Å². The SMILES string of the molecule is CC(C)c1cccc(OCc2nnc(C3CCC(n4cc(C5(O)CCN(C(=O)OC(C)(C)C)CC5)nn4)CC3)n2C)c1. The van der Waals surface area contributed by atoms with Crippen LogP contribution >= 0.6 is 0 Å². The van der Waals surface area contributed by atoms with E-state index in [4.69, 9.17) is 9.47 Å². The van der Waals surface area contributed by atoms with Gasteiger partial charge in [-0.2, -0.15) is 0 Å².